The van der Waals surface area contributed by atoms with Gasteiger partial charge in [-0.3, -0.25) is 0 Å². The lowest BCUT2D eigenvalue weighted by atomic mass is 10.2. The van der Waals surface area contributed by atoms with E-state index < -0.39 is 5.97 Å². The van der Waals surface area contributed by atoms with Crippen LogP contribution in [0.15, 0.2) is 42.5 Å². The lowest BCUT2D eigenvalue weighted by molar-refractivity contribution is -0.136. The minimum atomic E-state index is -0.591. The van der Waals surface area contributed by atoms with E-state index in [0.717, 1.165) is 0 Å². The molecule has 0 aromatic heterocycles. The van der Waals surface area contributed by atoms with E-state index in [9.17, 15) is 4.79 Å². The Kier molecular flexibility index (Phi) is 6.03. The molecule has 0 atom stereocenters. The van der Waals surface area contributed by atoms with Gasteiger partial charge in [0.1, 0.15) is 0 Å². The third-order valence-corrected chi connectivity index (χ3v) is 3.01. The van der Waals surface area contributed by atoms with E-state index in [1.54, 1.807) is 37.3 Å². The first-order valence-corrected chi connectivity index (χ1v) is 7.31. The smallest absolute Gasteiger partial charge is 0.349 e. The molecule has 0 fully saturated rings. The van der Waals surface area contributed by atoms with Crippen molar-refractivity contribution in [3.8, 4) is 29.1 Å². The van der Waals surface area contributed by atoms with E-state index in [1.165, 1.54) is 19.2 Å². The fraction of sp³-hybridized carbons (Fsp3) is 0.222. The van der Waals surface area contributed by atoms with Crippen LogP contribution in [0.4, 0.5) is 0 Å². The van der Waals surface area contributed by atoms with Crippen molar-refractivity contribution in [1.82, 2.24) is 0 Å². The van der Waals surface area contributed by atoms with Gasteiger partial charge in [0.05, 0.1) is 25.3 Å². The number of para-hydroxylation sites is 2. The summed E-state index contributed by atoms with van der Waals surface area (Å²) >= 11 is 0. The highest BCUT2D eigenvalue weighted by molar-refractivity contribution is 5.75. The van der Waals surface area contributed by atoms with Crippen LogP contribution in [0.25, 0.3) is 0 Å². The number of rotatable bonds is 7. The van der Waals surface area contributed by atoms with Crippen LogP contribution >= 0.6 is 0 Å². The fourth-order valence-corrected chi connectivity index (χ4v) is 1.96. The topological polar surface area (TPSA) is 77.8 Å². The van der Waals surface area contributed by atoms with Crippen LogP contribution in [-0.4, -0.2) is 26.3 Å². The quantitative estimate of drug-likeness (QED) is 0.575. The van der Waals surface area contributed by atoms with Gasteiger partial charge in [0.15, 0.2) is 29.6 Å². The van der Waals surface area contributed by atoms with Crippen molar-refractivity contribution in [2.45, 2.75) is 6.92 Å². The first-order valence-electron chi connectivity index (χ1n) is 7.31. The SMILES string of the molecule is CCOc1cc(C#N)ccc1OC(=O)COc1ccccc1OC. The average Bonchev–Trinajstić information content (AvgIpc) is 2.61. The Morgan fingerprint density at radius 1 is 1.04 bits per heavy atom. The first-order chi connectivity index (χ1) is 11.7. The molecule has 24 heavy (non-hydrogen) atoms. The lowest BCUT2D eigenvalue weighted by Gasteiger charge is -2.12. The summed E-state index contributed by atoms with van der Waals surface area (Å²) in [7, 11) is 1.52. The van der Waals surface area contributed by atoms with Crippen molar-refractivity contribution < 1.29 is 23.7 Å². The maximum atomic E-state index is 12.0. The van der Waals surface area contributed by atoms with Gasteiger partial charge in [0.2, 0.25) is 0 Å². The Morgan fingerprint density at radius 2 is 1.79 bits per heavy atom. The molecule has 6 nitrogen and oxygen atoms in total. The van der Waals surface area contributed by atoms with Crippen molar-refractivity contribution in [3.63, 3.8) is 0 Å². The van der Waals surface area contributed by atoms with E-state index in [2.05, 4.69) is 0 Å². The van der Waals surface area contributed by atoms with Gasteiger partial charge in [-0.15, -0.1) is 0 Å². The summed E-state index contributed by atoms with van der Waals surface area (Å²) in [6.45, 7) is 1.90. The largest absolute Gasteiger partial charge is 0.493 e. The van der Waals surface area contributed by atoms with Crippen LogP contribution in [0.1, 0.15) is 12.5 Å². The second kappa shape index (κ2) is 8.44. The Morgan fingerprint density at radius 3 is 2.46 bits per heavy atom. The zero-order valence-electron chi connectivity index (χ0n) is 13.4. The number of hydrogen-bond donors (Lipinski definition) is 0. The highest BCUT2D eigenvalue weighted by atomic mass is 16.6. The van der Waals surface area contributed by atoms with Crippen molar-refractivity contribution >= 4 is 5.97 Å². The minimum absolute atomic E-state index is 0.240. The molecule has 0 heterocycles. The van der Waals surface area contributed by atoms with Gasteiger partial charge in [0, 0.05) is 6.07 Å². The Labute approximate surface area is 140 Å². The summed E-state index contributed by atoms with van der Waals surface area (Å²) in [5.41, 5.74) is 0.420. The number of methoxy groups -OCH3 is 1. The van der Waals surface area contributed by atoms with Crippen molar-refractivity contribution in [3.05, 3.63) is 48.0 Å². The Balaban J connectivity index is 2.03. The molecule has 0 N–H and O–H groups in total. The van der Waals surface area contributed by atoms with Crippen LogP contribution < -0.4 is 18.9 Å². The molecule has 0 saturated carbocycles. The molecule has 0 aliphatic carbocycles. The van der Waals surface area contributed by atoms with Gasteiger partial charge < -0.3 is 18.9 Å². The summed E-state index contributed by atoms with van der Waals surface area (Å²) in [5, 5.41) is 8.92. The molecule has 124 valence electrons. The molecular formula is C18H17NO5. The first kappa shape index (κ1) is 17.2. The molecule has 0 spiro atoms. The molecule has 6 heteroatoms. The normalized spacial score (nSPS) is 9.71. The monoisotopic (exact) mass is 327 g/mol. The molecule has 0 radical (unpaired) electrons. The molecule has 0 bridgehead atoms. The highest BCUT2D eigenvalue weighted by Crippen LogP contribution is 2.29. The number of esters is 1. The number of carbonyl (C=O) groups is 1. The van der Waals surface area contributed by atoms with Crippen molar-refractivity contribution in [2.24, 2.45) is 0 Å². The second-order valence-corrected chi connectivity index (χ2v) is 4.62. The van der Waals surface area contributed by atoms with Crippen molar-refractivity contribution in [1.29, 1.82) is 5.26 Å². The Bertz CT molecular complexity index is 751. The lowest BCUT2D eigenvalue weighted by Crippen LogP contribution is -2.18. The van der Waals surface area contributed by atoms with Gasteiger partial charge >= 0.3 is 5.97 Å². The summed E-state index contributed by atoms with van der Waals surface area (Å²) in [6, 6.07) is 13.6. The molecule has 2 aromatic carbocycles. The number of nitriles is 1. The number of hydrogen-bond acceptors (Lipinski definition) is 6. The third-order valence-electron chi connectivity index (χ3n) is 3.01. The summed E-state index contributed by atoms with van der Waals surface area (Å²) in [6.07, 6.45) is 0. The number of ether oxygens (including phenoxy) is 4. The summed E-state index contributed by atoms with van der Waals surface area (Å²) in [5.74, 6) is 0.957. The minimum Gasteiger partial charge on any atom is -0.493 e. The van der Waals surface area contributed by atoms with Gasteiger partial charge in [-0.2, -0.15) is 5.26 Å². The molecule has 2 aromatic rings. The molecule has 0 saturated heterocycles. The molecular weight excluding hydrogens is 310 g/mol. The zero-order valence-corrected chi connectivity index (χ0v) is 13.4. The molecule has 2 rings (SSSR count). The van der Waals surface area contributed by atoms with Crippen LogP contribution in [0.5, 0.6) is 23.0 Å². The average molecular weight is 327 g/mol. The fourth-order valence-electron chi connectivity index (χ4n) is 1.96. The van der Waals surface area contributed by atoms with Crippen LogP contribution in [0, 0.1) is 11.3 Å². The Hall–Kier alpha value is -3.20. The maximum absolute atomic E-state index is 12.0. The molecule has 0 aliphatic heterocycles. The molecule has 0 unspecified atom stereocenters. The van der Waals surface area contributed by atoms with Gasteiger partial charge in [0.25, 0.3) is 0 Å². The molecule has 0 aliphatic rings. The van der Waals surface area contributed by atoms with Gasteiger partial charge in [-0.1, -0.05) is 12.1 Å². The summed E-state index contributed by atoms with van der Waals surface area (Å²) in [4.78, 5) is 12.0. The van der Waals surface area contributed by atoms with Crippen LogP contribution in [-0.2, 0) is 4.79 Å². The number of carbonyl (C=O) groups excluding carboxylic acids is 1. The zero-order chi connectivity index (χ0) is 17.4. The molecule has 0 amide bonds. The third kappa shape index (κ3) is 4.40. The van der Waals surface area contributed by atoms with E-state index in [1.807, 2.05) is 6.07 Å². The van der Waals surface area contributed by atoms with Gasteiger partial charge in [-0.25, -0.2) is 4.79 Å². The summed E-state index contributed by atoms with van der Waals surface area (Å²) < 4.78 is 21.2. The standard InChI is InChI=1S/C18H17NO5/c1-3-22-17-10-13(11-19)8-9-16(17)24-18(20)12-23-15-7-5-4-6-14(15)21-2/h4-10H,3,12H2,1-2H3. The van der Waals surface area contributed by atoms with Gasteiger partial charge in [-0.05, 0) is 31.2 Å². The van der Waals surface area contributed by atoms with E-state index in [4.69, 9.17) is 24.2 Å². The van der Waals surface area contributed by atoms with E-state index in [0.29, 0.717) is 29.4 Å². The number of benzene rings is 2. The second-order valence-electron chi connectivity index (χ2n) is 4.62. The van der Waals surface area contributed by atoms with Crippen LogP contribution in [0.3, 0.4) is 0 Å². The van der Waals surface area contributed by atoms with E-state index >= 15 is 0 Å². The number of nitrogens with zero attached hydrogens (tertiary/aromatic N) is 1. The van der Waals surface area contributed by atoms with Crippen molar-refractivity contribution in [2.75, 3.05) is 20.3 Å². The highest BCUT2D eigenvalue weighted by Gasteiger charge is 2.13. The maximum Gasteiger partial charge on any atom is 0.349 e. The van der Waals surface area contributed by atoms with E-state index in [-0.39, 0.29) is 12.4 Å². The predicted molar refractivity (Wildman–Crippen MR) is 86.5 cm³/mol. The predicted octanol–water partition coefficient (Wildman–Crippen LogP) is 2.95. The van der Waals surface area contributed by atoms with Crippen LogP contribution in [0.2, 0.25) is 0 Å².